The Morgan fingerprint density at radius 3 is 2.39 bits per heavy atom. The Morgan fingerprint density at radius 1 is 1.11 bits per heavy atom. The molecular formula is C13H17Cl2FN2. The third-order valence-electron chi connectivity index (χ3n) is 3.31. The van der Waals surface area contributed by atoms with E-state index in [1.54, 1.807) is 12.1 Å². The minimum absolute atomic E-state index is 0.217. The third kappa shape index (κ3) is 3.58. The standard InChI is InChI=1S/C13H17Cl2FN2/c14-4-5-17-6-8-18(9-7-17)10-11-12(15)2-1-3-13(11)16/h1-3H,4-10H2. The molecule has 0 atom stereocenters. The first-order chi connectivity index (χ1) is 8.70. The Hall–Kier alpha value is -0.350. The van der Waals surface area contributed by atoms with Gasteiger partial charge in [-0.05, 0) is 12.1 Å². The minimum atomic E-state index is -0.217. The van der Waals surface area contributed by atoms with E-state index >= 15 is 0 Å². The molecule has 5 heteroatoms. The normalized spacial score (nSPS) is 18.2. The highest BCUT2D eigenvalue weighted by Gasteiger charge is 2.18. The van der Waals surface area contributed by atoms with E-state index < -0.39 is 0 Å². The smallest absolute Gasteiger partial charge is 0.129 e. The lowest BCUT2D eigenvalue weighted by atomic mass is 10.2. The maximum atomic E-state index is 13.7. The largest absolute Gasteiger partial charge is 0.300 e. The number of nitrogens with zero attached hydrogens (tertiary/aromatic N) is 2. The first kappa shape index (κ1) is 14.1. The van der Waals surface area contributed by atoms with Crippen LogP contribution in [0.3, 0.4) is 0 Å². The van der Waals surface area contributed by atoms with Crippen molar-refractivity contribution in [1.29, 1.82) is 0 Å². The summed E-state index contributed by atoms with van der Waals surface area (Å²) >= 11 is 11.8. The van der Waals surface area contributed by atoms with E-state index in [1.807, 2.05) is 0 Å². The molecule has 0 radical (unpaired) electrons. The Bertz CT molecular complexity index is 372. The van der Waals surface area contributed by atoms with Crippen LogP contribution in [0.15, 0.2) is 18.2 Å². The molecule has 1 saturated heterocycles. The van der Waals surface area contributed by atoms with Crippen LogP contribution in [0.1, 0.15) is 5.56 Å². The van der Waals surface area contributed by atoms with E-state index in [1.165, 1.54) is 6.07 Å². The predicted octanol–water partition coefficient (Wildman–Crippen LogP) is 2.84. The fourth-order valence-electron chi connectivity index (χ4n) is 2.20. The topological polar surface area (TPSA) is 6.48 Å². The van der Waals surface area contributed by atoms with Crippen molar-refractivity contribution in [1.82, 2.24) is 9.80 Å². The van der Waals surface area contributed by atoms with Crippen LogP contribution in [0, 0.1) is 5.82 Å². The molecule has 0 bridgehead atoms. The predicted molar refractivity (Wildman–Crippen MR) is 73.8 cm³/mol. The molecule has 2 rings (SSSR count). The molecule has 2 nitrogen and oxygen atoms in total. The van der Waals surface area contributed by atoms with Gasteiger partial charge < -0.3 is 0 Å². The van der Waals surface area contributed by atoms with Crippen molar-refractivity contribution < 1.29 is 4.39 Å². The number of hydrogen-bond acceptors (Lipinski definition) is 2. The van der Waals surface area contributed by atoms with Gasteiger partial charge in [0.1, 0.15) is 5.82 Å². The number of benzene rings is 1. The van der Waals surface area contributed by atoms with Gasteiger partial charge in [0.05, 0.1) is 0 Å². The van der Waals surface area contributed by atoms with E-state index in [9.17, 15) is 4.39 Å². The molecule has 0 aromatic heterocycles. The maximum absolute atomic E-state index is 13.7. The summed E-state index contributed by atoms with van der Waals surface area (Å²) in [5.41, 5.74) is 0.602. The van der Waals surface area contributed by atoms with E-state index in [2.05, 4.69) is 9.80 Å². The van der Waals surface area contributed by atoms with E-state index in [0.717, 1.165) is 32.7 Å². The van der Waals surface area contributed by atoms with Crippen LogP contribution < -0.4 is 0 Å². The van der Waals surface area contributed by atoms with Crippen LogP contribution in [0.5, 0.6) is 0 Å². The number of alkyl halides is 1. The molecule has 0 amide bonds. The number of piperazine rings is 1. The molecule has 1 fully saturated rings. The molecule has 0 spiro atoms. The van der Waals surface area contributed by atoms with Crippen LogP contribution in [-0.2, 0) is 6.54 Å². The summed E-state index contributed by atoms with van der Waals surface area (Å²) in [4.78, 5) is 4.56. The molecule has 100 valence electrons. The molecule has 0 saturated carbocycles. The van der Waals surface area contributed by atoms with Gasteiger partial charge in [-0.25, -0.2) is 4.39 Å². The van der Waals surface area contributed by atoms with Crippen LogP contribution in [0.4, 0.5) is 4.39 Å². The molecular weight excluding hydrogens is 274 g/mol. The Kier molecular flexibility index (Phi) is 5.25. The van der Waals surface area contributed by atoms with Crippen LogP contribution in [0.25, 0.3) is 0 Å². The lowest BCUT2D eigenvalue weighted by molar-refractivity contribution is 0.131. The quantitative estimate of drug-likeness (QED) is 0.787. The number of hydrogen-bond donors (Lipinski definition) is 0. The molecule has 1 aromatic carbocycles. The summed E-state index contributed by atoms with van der Waals surface area (Å²) in [6.45, 7) is 5.34. The van der Waals surface area contributed by atoms with Gasteiger partial charge in [0.2, 0.25) is 0 Å². The lowest BCUT2D eigenvalue weighted by Crippen LogP contribution is -2.46. The summed E-state index contributed by atoms with van der Waals surface area (Å²) in [5.74, 6) is 0.449. The Balaban J connectivity index is 1.92. The molecule has 0 aliphatic carbocycles. The van der Waals surface area contributed by atoms with Crippen LogP contribution in [0.2, 0.25) is 5.02 Å². The average molecular weight is 291 g/mol. The average Bonchev–Trinajstić information content (AvgIpc) is 2.36. The first-order valence-electron chi connectivity index (χ1n) is 6.14. The second kappa shape index (κ2) is 6.71. The molecule has 1 aliphatic heterocycles. The van der Waals surface area contributed by atoms with Crippen molar-refractivity contribution >= 4 is 23.2 Å². The van der Waals surface area contributed by atoms with Gasteiger partial charge in [-0.3, -0.25) is 9.80 Å². The second-order valence-electron chi connectivity index (χ2n) is 4.51. The van der Waals surface area contributed by atoms with Gasteiger partial charge in [-0.2, -0.15) is 0 Å². The minimum Gasteiger partial charge on any atom is -0.300 e. The summed E-state index contributed by atoms with van der Waals surface area (Å²) in [6, 6.07) is 4.84. The zero-order valence-electron chi connectivity index (χ0n) is 10.2. The van der Waals surface area contributed by atoms with E-state index in [0.29, 0.717) is 23.0 Å². The third-order valence-corrected chi connectivity index (χ3v) is 3.83. The van der Waals surface area contributed by atoms with Crippen molar-refractivity contribution in [3.8, 4) is 0 Å². The van der Waals surface area contributed by atoms with Crippen molar-refractivity contribution in [2.24, 2.45) is 0 Å². The summed E-state index contributed by atoms with van der Waals surface area (Å²) in [7, 11) is 0. The summed E-state index contributed by atoms with van der Waals surface area (Å²) < 4.78 is 13.7. The Morgan fingerprint density at radius 2 is 1.78 bits per heavy atom. The lowest BCUT2D eigenvalue weighted by Gasteiger charge is -2.34. The summed E-state index contributed by atoms with van der Waals surface area (Å²) in [6.07, 6.45) is 0. The van der Waals surface area contributed by atoms with Gasteiger partial charge in [0.15, 0.2) is 0 Å². The van der Waals surface area contributed by atoms with Crippen molar-refractivity contribution in [2.75, 3.05) is 38.6 Å². The SMILES string of the molecule is Fc1cccc(Cl)c1CN1CCN(CCCl)CC1. The van der Waals surface area contributed by atoms with Gasteiger partial charge in [-0.15, -0.1) is 11.6 Å². The van der Waals surface area contributed by atoms with Crippen molar-refractivity contribution in [2.45, 2.75) is 6.54 Å². The molecule has 1 aliphatic rings. The van der Waals surface area contributed by atoms with Gasteiger partial charge in [-0.1, -0.05) is 17.7 Å². The van der Waals surface area contributed by atoms with Crippen LogP contribution >= 0.6 is 23.2 Å². The van der Waals surface area contributed by atoms with Crippen LogP contribution in [-0.4, -0.2) is 48.4 Å². The molecule has 18 heavy (non-hydrogen) atoms. The van der Waals surface area contributed by atoms with Gasteiger partial charge in [0.25, 0.3) is 0 Å². The fourth-order valence-corrected chi connectivity index (χ4v) is 2.66. The molecule has 0 unspecified atom stereocenters. The zero-order valence-corrected chi connectivity index (χ0v) is 11.7. The highest BCUT2D eigenvalue weighted by molar-refractivity contribution is 6.31. The molecule has 1 heterocycles. The van der Waals surface area contributed by atoms with Gasteiger partial charge in [0, 0.05) is 55.7 Å². The maximum Gasteiger partial charge on any atom is 0.129 e. The van der Waals surface area contributed by atoms with Crippen molar-refractivity contribution in [3.05, 3.63) is 34.6 Å². The highest BCUT2D eigenvalue weighted by atomic mass is 35.5. The Labute approximate surface area is 117 Å². The fraction of sp³-hybridized carbons (Fsp3) is 0.538. The van der Waals surface area contributed by atoms with Gasteiger partial charge >= 0.3 is 0 Å². The van der Waals surface area contributed by atoms with E-state index in [-0.39, 0.29) is 5.82 Å². The number of halogens is 3. The monoisotopic (exact) mass is 290 g/mol. The molecule has 1 aromatic rings. The first-order valence-corrected chi connectivity index (χ1v) is 7.05. The summed E-state index contributed by atoms with van der Waals surface area (Å²) in [5, 5.41) is 0.512. The van der Waals surface area contributed by atoms with Crippen molar-refractivity contribution in [3.63, 3.8) is 0 Å². The molecule has 0 N–H and O–H groups in total. The second-order valence-corrected chi connectivity index (χ2v) is 5.29. The van der Waals surface area contributed by atoms with E-state index in [4.69, 9.17) is 23.2 Å². The number of rotatable bonds is 4. The zero-order chi connectivity index (χ0) is 13.0. The highest BCUT2D eigenvalue weighted by Crippen LogP contribution is 2.21.